The molecule has 25 heteroatoms. The number of carbonyl (C=O) groups is 4. The zero-order valence-electron chi connectivity index (χ0n) is 12.8. The van der Waals surface area contributed by atoms with Gasteiger partial charge in [0.25, 0.3) is 0 Å². The van der Waals surface area contributed by atoms with Crippen molar-refractivity contribution in [2.45, 2.75) is 0 Å². The maximum Gasteiger partial charge on any atom is 0.663 e. The molecule has 0 spiro atoms. The van der Waals surface area contributed by atoms with Gasteiger partial charge in [0.1, 0.15) is 15.3 Å². The van der Waals surface area contributed by atoms with Crippen molar-refractivity contribution >= 4 is 33.4 Å². The van der Waals surface area contributed by atoms with Crippen molar-refractivity contribution in [3.8, 4) is 0 Å². The van der Waals surface area contributed by atoms with Gasteiger partial charge in [-0.2, -0.15) is 0 Å². The van der Waals surface area contributed by atoms with Crippen LogP contribution in [-0.4, -0.2) is 68.8 Å². The second-order valence-corrected chi connectivity index (χ2v) is 5.15. The summed E-state index contributed by atoms with van der Waals surface area (Å²) in [6.07, 6.45) is -9.24. The first-order valence-electron chi connectivity index (χ1n) is 5.71. The fourth-order valence-electron chi connectivity index (χ4n) is 0.875. The number of nitrogens with one attached hydrogen (secondary N) is 1. The highest BCUT2D eigenvalue weighted by molar-refractivity contribution is 6.54. The van der Waals surface area contributed by atoms with Gasteiger partial charge in [-0.3, -0.25) is 0 Å². The van der Waals surface area contributed by atoms with Crippen LogP contribution in [0.1, 0.15) is 0 Å². The van der Waals surface area contributed by atoms with Gasteiger partial charge in [0, 0.05) is 0 Å². The number of carbonyl (C=O) groups excluding carboxylic acids is 1. The van der Waals surface area contributed by atoms with Crippen LogP contribution in [0.15, 0.2) is 15.3 Å². The van der Waals surface area contributed by atoms with Crippen molar-refractivity contribution in [2.75, 3.05) is 0 Å². The molecule has 0 unspecified atom stereocenters. The molecule has 4 N–H and O–H groups in total. The maximum atomic E-state index is 11.3. The van der Waals surface area contributed by atoms with Crippen LogP contribution < -0.4 is 5.43 Å². The van der Waals surface area contributed by atoms with E-state index < -0.39 is 53.5 Å². The Hall–Kier alpha value is -5.10. The third-order valence-electron chi connectivity index (χ3n) is 1.47. The molecule has 0 aliphatic heterocycles. The Bertz CT molecular complexity index is 709. The molecular formula is C4H4N8O16Si. The van der Waals surface area contributed by atoms with Gasteiger partial charge >= 0.3 is 33.4 Å². The SMILES string of the molecule is O=C(O)/N=[N+](\[O-])O[Si](OC(=O)N[N+](=O)[O-])(O/[N+]([O-])=N/C(=O)O)O/[N+]([O-])=N/C(=O)O. The van der Waals surface area contributed by atoms with Crippen LogP contribution in [0.5, 0.6) is 0 Å². The summed E-state index contributed by atoms with van der Waals surface area (Å²) < 4.78 is 15.4. The van der Waals surface area contributed by atoms with Crippen LogP contribution in [0.4, 0.5) is 19.2 Å². The number of amides is 4. The molecule has 29 heavy (non-hydrogen) atoms. The molecule has 0 radical (unpaired) electrons. The first kappa shape index (κ1) is 23.9. The van der Waals surface area contributed by atoms with Crippen molar-refractivity contribution in [1.82, 2.24) is 5.43 Å². The number of nitrogens with zero attached hydrogens (tertiary/aromatic N) is 7. The molecule has 0 aromatic heterocycles. The lowest BCUT2D eigenvalue weighted by atomic mass is 11.3. The van der Waals surface area contributed by atoms with Crippen LogP contribution in [0.3, 0.4) is 0 Å². The molecule has 0 aromatic rings. The van der Waals surface area contributed by atoms with Gasteiger partial charge in [0.2, 0.25) is 0 Å². The summed E-state index contributed by atoms with van der Waals surface area (Å²) in [6.45, 7) is 0. The lowest BCUT2D eigenvalue weighted by molar-refractivity contribution is -0.840. The van der Waals surface area contributed by atoms with Gasteiger partial charge in [-0.15, -0.1) is 0 Å². The number of hydrogen-bond acceptors (Lipinski definition) is 13. The van der Waals surface area contributed by atoms with E-state index in [1.807, 2.05) is 15.3 Å². The van der Waals surface area contributed by atoms with Gasteiger partial charge in [0.05, 0.1) is 0 Å². The molecule has 0 heterocycles. The monoisotopic (exact) mass is 448 g/mol. The van der Waals surface area contributed by atoms with E-state index >= 15 is 0 Å². The topological polar surface area (TPSA) is 336 Å². The van der Waals surface area contributed by atoms with Gasteiger partial charge < -0.3 is 33.3 Å². The smallest absolute Gasteiger partial charge is 0.461 e. The van der Waals surface area contributed by atoms with E-state index in [1.165, 1.54) is 0 Å². The highest BCUT2D eigenvalue weighted by Gasteiger charge is 2.49. The molecule has 160 valence electrons. The van der Waals surface area contributed by atoms with Gasteiger partial charge in [-0.05, 0) is 5.43 Å². The van der Waals surface area contributed by atoms with Crippen LogP contribution in [0, 0.1) is 25.7 Å². The Labute approximate surface area is 153 Å². The van der Waals surface area contributed by atoms with Crippen molar-refractivity contribution in [3.05, 3.63) is 25.7 Å². The number of carboxylic acid groups (broad SMARTS) is 3. The molecule has 0 saturated heterocycles. The van der Waals surface area contributed by atoms with Crippen LogP contribution in [0.2, 0.25) is 0 Å². The summed E-state index contributed by atoms with van der Waals surface area (Å²) in [4.78, 5) is 52.4. The van der Waals surface area contributed by atoms with Gasteiger partial charge in [0.15, 0.2) is 20.1 Å². The molecule has 0 fully saturated rings. The third-order valence-corrected chi connectivity index (χ3v) is 3.05. The van der Waals surface area contributed by atoms with E-state index in [0.717, 1.165) is 0 Å². The van der Waals surface area contributed by atoms with Crippen LogP contribution in [-0.2, 0) is 18.0 Å². The molecule has 24 nitrogen and oxygen atoms in total. The molecule has 4 amide bonds. The highest BCUT2D eigenvalue weighted by atomic mass is 28.4. The van der Waals surface area contributed by atoms with Gasteiger partial charge in [-0.25, -0.2) is 44.9 Å². The van der Waals surface area contributed by atoms with Gasteiger partial charge in [-0.1, -0.05) is 0 Å². The molecule has 0 bridgehead atoms. The average Bonchev–Trinajstić information content (AvgIpc) is 2.41. The maximum absolute atomic E-state index is 11.3. The van der Waals surface area contributed by atoms with Crippen molar-refractivity contribution in [3.63, 3.8) is 0 Å². The predicted octanol–water partition coefficient (Wildman–Crippen LogP) is -0.944. The van der Waals surface area contributed by atoms with Crippen molar-refractivity contribution in [2.24, 2.45) is 15.3 Å². The summed E-state index contributed by atoms with van der Waals surface area (Å²) in [5.74, 6) is 0. The second kappa shape index (κ2) is 10.1. The van der Waals surface area contributed by atoms with E-state index in [2.05, 4.69) is 18.0 Å². The third kappa shape index (κ3) is 10.5. The Morgan fingerprint density at radius 1 is 0.759 bits per heavy atom. The van der Waals surface area contributed by atoms with Crippen molar-refractivity contribution in [1.29, 1.82) is 0 Å². The molecule has 0 rings (SSSR count). The minimum atomic E-state index is -6.26. The largest absolute Gasteiger partial charge is 0.663 e. The van der Waals surface area contributed by atoms with E-state index in [4.69, 9.17) is 15.3 Å². The number of hydrazine groups is 1. The summed E-state index contributed by atoms with van der Waals surface area (Å²) in [5.41, 5.74) is 0.693. The normalized spacial score (nSPS) is 12.3. The molecular weight excluding hydrogens is 444 g/mol. The first-order chi connectivity index (χ1) is 13.2. The number of rotatable bonds is 8. The summed E-state index contributed by atoms with van der Waals surface area (Å²) >= 11 is 0. The summed E-state index contributed by atoms with van der Waals surface area (Å²) in [6, 6.07) is 0. The summed E-state index contributed by atoms with van der Waals surface area (Å²) in [5, 5.41) is 68.9. The minimum Gasteiger partial charge on any atom is -0.461 e. The molecule has 0 atom stereocenters. The lowest BCUT2D eigenvalue weighted by Crippen LogP contribution is -2.56. The second-order valence-electron chi connectivity index (χ2n) is 3.39. The Morgan fingerprint density at radius 3 is 1.31 bits per heavy atom. The van der Waals surface area contributed by atoms with Crippen LogP contribution in [0.25, 0.3) is 0 Å². The average molecular weight is 448 g/mol. The predicted molar refractivity (Wildman–Crippen MR) is 67.9 cm³/mol. The molecule has 0 aliphatic rings. The van der Waals surface area contributed by atoms with E-state index in [1.54, 1.807) is 0 Å². The fourth-order valence-corrected chi connectivity index (χ4v) is 2.06. The number of hydrogen-bond donors (Lipinski definition) is 4. The van der Waals surface area contributed by atoms with Crippen molar-refractivity contribution < 1.29 is 72.6 Å². The Balaban J connectivity index is 6.28. The number of nitro groups is 1. The van der Waals surface area contributed by atoms with Crippen LogP contribution >= 0.6 is 0 Å². The molecule has 0 aromatic carbocycles. The Kier molecular flexibility index (Phi) is 8.36. The summed E-state index contributed by atoms with van der Waals surface area (Å²) in [7, 11) is -6.26. The molecule has 0 saturated carbocycles. The fraction of sp³-hybridized carbons (Fsp3) is 0. The zero-order valence-corrected chi connectivity index (χ0v) is 13.8. The van der Waals surface area contributed by atoms with E-state index in [0.29, 0.717) is 5.43 Å². The van der Waals surface area contributed by atoms with E-state index in [-0.39, 0.29) is 0 Å². The quantitative estimate of drug-likeness (QED) is 0.150. The standard InChI is InChI=1S/C4H4N8O16Si/c13-1(14)5-10(22)26-29(25-4(19)8-9(20)21,27-11(23)6-2(15)16)28-12(24)7-3(17)18/h(H,8,19)(H,13,14)(H,15,16)(H,17,18)/b10-5+,11-6+,12-7+. The highest BCUT2D eigenvalue weighted by Crippen LogP contribution is 2.15. The minimum absolute atomic E-state index is 0.693. The lowest BCUT2D eigenvalue weighted by Gasteiger charge is -2.28. The molecule has 0 aliphatic carbocycles. The zero-order chi connectivity index (χ0) is 22.8. The Morgan fingerprint density at radius 2 is 1.07 bits per heavy atom. The van der Waals surface area contributed by atoms with E-state index in [9.17, 15) is 44.9 Å². The first-order valence-corrected chi connectivity index (χ1v) is 7.35.